The average Bonchev–Trinajstić information content (AvgIpc) is 2.53. The third-order valence-corrected chi connectivity index (χ3v) is 4.80. The number of benzene rings is 2. The number of rotatable bonds is 5. The molecule has 0 saturated carbocycles. The molecule has 0 aromatic heterocycles. The van der Waals surface area contributed by atoms with E-state index in [4.69, 9.17) is 12.2 Å². The molecule has 2 aromatic carbocycles. The van der Waals surface area contributed by atoms with Crippen LogP contribution in [0.15, 0.2) is 53.4 Å². The predicted molar refractivity (Wildman–Crippen MR) is 98.4 cm³/mol. The van der Waals surface area contributed by atoms with Gasteiger partial charge in [0.1, 0.15) is 0 Å². The predicted octanol–water partition coefficient (Wildman–Crippen LogP) is 3.14. The molecule has 0 heterocycles. The van der Waals surface area contributed by atoms with E-state index in [-0.39, 0.29) is 0 Å². The number of sulfone groups is 1. The Kier molecular flexibility index (Phi) is 5.74. The Hall–Kier alpha value is -1.92. The summed E-state index contributed by atoms with van der Waals surface area (Å²) in [5.74, 6) is 0. The first-order valence-electron chi connectivity index (χ1n) is 7.31. The molecular weight excluding hydrogens is 328 g/mol. The number of hydrogen-bond donors (Lipinski definition) is 2. The van der Waals surface area contributed by atoms with Crippen molar-refractivity contribution in [1.29, 1.82) is 0 Å². The summed E-state index contributed by atoms with van der Waals surface area (Å²) in [7, 11) is -3.16. The highest BCUT2D eigenvalue weighted by Crippen LogP contribution is 2.11. The summed E-state index contributed by atoms with van der Waals surface area (Å²) in [6.45, 7) is 2.65. The van der Waals surface area contributed by atoms with E-state index >= 15 is 0 Å². The van der Waals surface area contributed by atoms with Gasteiger partial charge in [0, 0.05) is 18.5 Å². The Bertz CT molecular complexity index is 767. The van der Waals surface area contributed by atoms with Crippen molar-refractivity contribution in [3.8, 4) is 0 Å². The summed E-state index contributed by atoms with van der Waals surface area (Å²) in [6.07, 6.45) is 2.20. The van der Waals surface area contributed by atoms with Gasteiger partial charge in [-0.05, 0) is 54.0 Å². The molecule has 0 aliphatic carbocycles. The summed E-state index contributed by atoms with van der Waals surface area (Å²) >= 11 is 5.26. The fraction of sp³-hybridized carbons (Fsp3) is 0.235. The first-order chi connectivity index (χ1) is 10.9. The molecule has 0 bridgehead atoms. The SMILES string of the molecule is CCc1ccc(NC(=S)NCc2ccc(S(C)(=O)=O)cc2)cc1. The lowest BCUT2D eigenvalue weighted by molar-refractivity contribution is 0.602. The quantitative estimate of drug-likeness (QED) is 0.813. The number of thiocarbonyl (C=S) groups is 1. The van der Waals surface area contributed by atoms with Gasteiger partial charge in [-0.25, -0.2) is 8.42 Å². The van der Waals surface area contributed by atoms with Crippen LogP contribution in [-0.4, -0.2) is 19.8 Å². The first kappa shape index (κ1) is 17.4. The molecule has 0 saturated heterocycles. The van der Waals surface area contributed by atoms with Gasteiger partial charge in [0.2, 0.25) is 0 Å². The minimum absolute atomic E-state index is 0.318. The normalized spacial score (nSPS) is 11.0. The smallest absolute Gasteiger partial charge is 0.175 e. The lowest BCUT2D eigenvalue weighted by Crippen LogP contribution is -2.27. The van der Waals surface area contributed by atoms with Crippen LogP contribution in [0, 0.1) is 0 Å². The average molecular weight is 348 g/mol. The zero-order chi connectivity index (χ0) is 16.9. The van der Waals surface area contributed by atoms with Gasteiger partial charge in [-0.1, -0.05) is 31.2 Å². The van der Waals surface area contributed by atoms with E-state index in [2.05, 4.69) is 29.7 Å². The van der Waals surface area contributed by atoms with Gasteiger partial charge in [-0.3, -0.25) is 0 Å². The molecule has 0 aliphatic heterocycles. The van der Waals surface area contributed by atoms with Crippen molar-refractivity contribution < 1.29 is 8.42 Å². The summed E-state index contributed by atoms with van der Waals surface area (Å²) < 4.78 is 22.8. The molecule has 0 spiro atoms. The fourth-order valence-electron chi connectivity index (χ4n) is 2.04. The van der Waals surface area contributed by atoms with Gasteiger partial charge in [0.05, 0.1) is 4.90 Å². The molecule has 2 aromatic rings. The van der Waals surface area contributed by atoms with Gasteiger partial charge >= 0.3 is 0 Å². The van der Waals surface area contributed by atoms with Crippen molar-refractivity contribution in [2.75, 3.05) is 11.6 Å². The molecule has 0 fully saturated rings. The molecule has 23 heavy (non-hydrogen) atoms. The minimum Gasteiger partial charge on any atom is -0.358 e. The molecule has 0 unspecified atom stereocenters. The van der Waals surface area contributed by atoms with Gasteiger partial charge in [0.25, 0.3) is 0 Å². The zero-order valence-corrected chi connectivity index (χ0v) is 14.8. The number of anilines is 1. The van der Waals surface area contributed by atoms with Gasteiger partial charge in [0.15, 0.2) is 14.9 Å². The van der Waals surface area contributed by atoms with Crippen molar-refractivity contribution in [1.82, 2.24) is 5.32 Å². The van der Waals surface area contributed by atoms with E-state index in [1.54, 1.807) is 24.3 Å². The second-order valence-electron chi connectivity index (χ2n) is 5.27. The second kappa shape index (κ2) is 7.57. The van der Waals surface area contributed by atoms with Crippen LogP contribution in [0.2, 0.25) is 0 Å². The summed E-state index contributed by atoms with van der Waals surface area (Å²) in [6, 6.07) is 14.9. The van der Waals surface area contributed by atoms with Crippen LogP contribution in [-0.2, 0) is 22.8 Å². The van der Waals surface area contributed by atoms with E-state index in [1.807, 2.05) is 12.1 Å². The highest BCUT2D eigenvalue weighted by molar-refractivity contribution is 7.90. The van der Waals surface area contributed by atoms with Crippen LogP contribution in [0.1, 0.15) is 18.1 Å². The first-order valence-corrected chi connectivity index (χ1v) is 9.61. The Morgan fingerprint density at radius 1 is 1.00 bits per heavy atom. The van der Waals surface area contributed by atoms with E-state index in [9.17, 15) is 8.42 Å². The molecule has 2 rings (SSSR count). The topological polar surface area (TPSA) is 58.2 Å². The van der Waals surface area contributed by atoms with E-state index in [1.165, 1.54) is 11.8 Å². The van der Waals surface area contributed by atoms with Crippen LogP contribution in [0.3, 0.4) is 0 Å². The van der Waals surface area contributed by atoms with Crippen molar-refractivity contribution in [3.05, 3.63) is 59.7 Å². The van der Waals surface area contributed by atoms with E-state index in [0.717, 1.165) is 17.7 Å². The third kappa shape index (κ3) is 5.33. The lowest BCUT2D eigenvalue weighted by Gasteiger charge is -2.11. The van der Waals surface area contributed by atoms with Crippen LogP contribution in [0.25, 0.3) is 0 Å². The molecule has 0 radical (unpaired) electrons. The number of nitrogens with one attached hydrogen (secondary N) is 2. The summed E-state index contributed by atoms with van der Waals surface area (Å²) in [5.41, 5.74) is 3.18. The van der Waals surface area contributed by atoms with E-state index in [0.29, 0.717) is 16.6 Å². The standard InChI is InChI=1S/C17H20N2O2S2/c1-3-13-4-8-15(9-5-13)19-17(22)18-12-14-6-10-16(11-7-14)23(2,20)21/h4-11H,3,12H2,1-2H3,(H2,18,19,22). The van der Waals surface area contributed by atoms with Crippen molar-refractivity contribution >= 4 is 32.9 Å². The fourth-order valence-corrected chi connectivity index (χ4v) is 2.86. The molecule has 0 amide bonds. The highest BCUT2D eigenvalue weighted by Gasteiger charge is 2.06. The summed E-state index contributed by atoms with van der Waals surface area (Å²) in [4.78, 5) is 0.318. The number of hydrogen-bond acceptors (Lipinski definition) is 3. The van der Waals surface area contributed by atoms with Crippen molar-refractivity contribution in [3.63, 3.8) is 0 Å². The zero-order valence-electron chi connectivity index (χ0n) is 13.2. The molecule has 0 atom stereocenters. The van der Waals surface area contributed by atoms with E-state index < -0.39 is 9.84 Å². The maximum Gasteiger partial charge on any atom is 0.175 e. The maximum atomic E-state index is 11.4. The summed E-state index contributed by atoms with van der Waals surface area (Å²) in [5, 5.41) is 6.76. The Labute approximate surface area is 142 Å². The van der Waals surface area contributed by atoms with Crippen LogP contribution >= 0.6 is 12.2 Å². The molecular formula is C17H20N2O2S2. The van der Waals surface area contributed by atoms with Gasteiger partial charge in [-0.2, -0.15) is 0 Å². The molecule has 0 aliphatic rings. The van der Waals surface area contributed by atoms with Crippen LogP contribution in [0.4, 0.5) is 5.69 Å². The van der Waals surface area contributed by atoms with Gasteiger partial charge in [-0.15, -0.1) is 0 Å². The lowest BCUT2D eigenvalue weighted by atomic mass is 10.1. The largest absolute Gasteiger partial charge is 0.358 e. The van der Waals surface area contributed by atoms with Crippen LogP contribution in [0.5, 0.6) is 0 Å². The molecule has 6 heteroatoms. The van der Waals surface area contributed by atoms with Crippen LogP contribution < -0.4 is 10.6 Å². The molecule has 2 N–H and O–H groups in total. The second-order valence-corrected chi connectivity index (χ2v) is 7.70. The van der Waals surface area contributed by atoms with Crippen molar-refractivity contribution in [2.24, 2.45) is 0 Å². The Balaban J connectivity index is 1.88. The third-order valence-electron chi connectivity index (χ3n) is 3.42. The van der Waals surface area contributed by atoms with Crippen molar-refractivity contribution in [2.45, 2.75) is 24.8 Å². The Morgan fingerprint density at radius 2 is 1.57 bits per heavy atom. The monoisotopic (exact) mass is 348 g/mol. The Morgan fingerprint density at radius 3 is 2.09 bits per heavy atom. The number of aryl methyl sites for hydroxylation is 1. The van der Waals surface area contributed by atoms with Gasteiger partial charge < -0.3 is 10.6 Å². The molecule has 122 valence electrons. The molecule has 4 nitrogen and oxygen atoms in total. The highest BCUT2D eigenvalue weighted by atomic mass is 32.2. The minimum atomic E-state index is -3.16. The maximum absolute atomic E-state index is 11.4.